The second kappa shape index (κ2) is 6.07. The molecule has 5 heteroatoms. The molecule has 0 aromatic heterocycles. The van der Waals surface area contributed by atoms with Gasteiger partial charge in [-0.05, 0) is 38.5 Å². The number of rotatable bonds is 1. The van der Waals surface area contributed by atoms with E-state index in [1.807, 2.05) is 45.0 Å². The molecule has 1 aliphatic heterocycles. The number of nitrogens with zero attached hydrogens (tertiary/aromatic N) is 2. The molecule has 0 aliphatic carbocycles. The van der Waals surface area contributed by atoms with E-state index < -0.39 is 5.60 Å². The number of carbonyl (C=O) groups excluding carboxylic acids is 1. The molecule has 1 fully saturated rings. The van der Waals surface area contributed by atoms with Crippen LogP contribution in [0.15, 0.2) is 28.7 Å². The van der Waals surface area contributed by atoms with Crippen molar-refractivity contribution in [3.05, 3.63) is 34.3 Å². The van der Waals surface area contributed by atoms with Gasteiger partial charge >= 0.3 is 6.09 Å². The Morgan fingerprint density at radius 2 is 1.95 bits per heavy atom. The maximum Gasteiger partial charge on any atom is 0.410 e. The smallest absolute Gasteiger partial charge is 0.410 e. The number of ether oxygens (including phenoxy) is 1. The van der Waals surface area contributed by atoms with Crippen molar-refractivity contribution in [2.45, 2.75) is 32.3 Å². The predicted molar refractivity (Wildman–Crippen MR) is 83.8 cm³/mol. The first-order valence-corrected chi connectivity index (χ1v) is 7.72. The van der Waals surface area contributed by atoms with Crippen molar-refractivity contribution in [1.29, 1.82) is 5.26 Å². The Hall–Kier alpha value is -1.54. The van der Waals surface area contributed by atoms with Crippen LogP contribution in [0.25, 0.3) is 0 Å². The number of hydrogen-bond acceptors (Lipinski definition) is 3. The Morgan fingerprint density at radius 1 is 1.33 bits per heavy atom. The van der Waals surface area contributed by atoms with E-state index in [2.05, 4.69) is 22.0 Å². The summed E-state index contributed by atoms with van der Waals surface area (Å²) in [7, 11) is 0. The molecule has 0 unspecified atom stereocenters. The van der Waals surface area contributed by atoms with Crippen molar-refractivity contribution in [2.24, 2.45) is 5.92 Å². The molecule has 1 heterocycles. The van der Waals surface area contributed by atoms with Crippen molar-refractivity contribution >= 4 is 22.0 Å². The van der Waals surface area contributed by atoms with E-state index in [1.54, 1.807) is 4.90 Å². The Balaban J connectivity index is 2.13. The van der Waals surface area contributed by atoms with Gasteiger partial charge in [-0.1, -0.05) is 28.1 Å². The van der Waals surface area contributed by atoms with Crippen molar-refractivity contribution in [1.82, 2.24) is 4.90 Å². The van der Waals surface area contributed by atoms with Crippen LogP contribution >= 0.6 is 15.9 Å². The fourth-order valence-electron chi connectivity index (χ4n) is 2.46. The molecular weight excluding hydrogens is 332 g/mol. The first-order chi connectivity index (χ1) is 9.80. The number of amides is 1. The summed E-state index contributed by atoms with van der Waals surface area (Å²) in [6.45, 7) is 6.47. The van der Waals surface area contributed by atoms with E-state index in [0.717, 1.165) is 10.0 Å². The van der Waals surface area contributed by atoms with Crippen molar-refractivity contribution in [3.8, 4) is 6.07 Å². The van der Waals surface area contributed by atoms with E-state index in [1.165, 1.54) is 0 Å². The fourth-order valence-corrected chi connectivity index (χ4v) is 2.72. The molecule has 0 N–H and O–H groups in total. The summed E-state index contributed by atoms with van der Waals surface area (Å²) in [5, 5.41) is 9.35. The van der Waals surface area contributed by atoms with Gasteiger partial charge in [0, 0.05) is 23.5 Å². The summed E-state index contributed by atoms with van der Waals surface area (Å²) < 4.78 is 6.39. The van der Waals surface area contributed by atoms with Crippen LogP contribution in [0.4, 0.5) is 4.79 Å². The summed E-state index contributed by atoms with van der Waals surface area (Å²) in [4.78, 5) is 13.8. The van der Waals surface area contributed by atoms with Crippen LogP contribution in [0.3, 0.4) is 0 Å². The molecule has 112 valence electrons. The number of hydrogen-bond donors (Lipinski definition) is 0. The van der Waals surface area contributed by atoms with Crippen molar-refractivity contribution in [3.63, 3.8) is 0 Å². The number of likely N-dealkylation sites (tertiary alicyclic amines) is 1. The third-order valence-corrected chi connectivity index (χ3v) is 3.96. The van der Waals surface area contributed by atoms with Gasteiger partial charge in [-0.15, -0.1) is 0 Å². The highest BCUT2D eigenvalue weighted by atomic mass is 79.9. The topological polar surface area (TPSA) is 53.3 Å². The molecule has 2 atom stereocenters. The number of halogens is 1. The molecule has 4 nitrogen and oxygen atoms in total. The average molecular weight is 351 g/mol. The van der Waals surface area contributed by atoms with Crippen molar-refractivity contribution in [2.75, 3.05) is 13.1 Å². The molecule has 21 heavy (non-hydrogen) atoms. The van der Waals surface area contributed by atoms with Gasteiger partial charge < -0.3 is 9.64 Å². The van der Waals surface area contributed by atoms with Gasteiger partial charge in [0.05, 0.1) is 12.0 Å². The summed E-state index contributed by atoms with van der Waals surface area (Å²) in [6.07, 6.45) is -0.345. The molecular formula is C16H19BrN2O2. The monoisotopic (exact) mass is 350 g/mol. The molecule has 1 aromatic carbocycles. The quantitative estimate of drug-likeness (QED) is 0.771. The second-order valence-electron chi connectivity index (χ2n) is 6.28. The van der Waals surface area contributed by atoms with Gasteiger partial charge in [-0.25, -0.2) is 4.79 Å². The lowest BCUT2D eigenvalue weighted by molar-refractivity contribution is 0.0289. The maximum atomic E-state index is 12.1. The van der Waals surface area contributed by atoms with Crippen molar-refractivity contribution < 1.29 is 9.53 Å². The van der Waals surface area contributed by atoms with E-state index in [4.69, 9.17) is 4.74 Å². The van der Waals surface area contributed by atoms with Crippen LogP contribution in [0.2, 0.25) is 0 Å². The normalized spacial score (nSPS) is 22.0. The third kappa shape index (κ3) is 3.98. The first-order valence-electron chi connectivity index (χ1n) is 6.93. The summed E-state index contributed by atoms with van der Waals surface area (Å²) >= 11 is 3.40. The zero-order valence-electron chi connectivity index (χ0n) is 12.5. The van der Waals surface area contributed by atoms with Crippen LogP contribution in [0, 0.1) is 17.2 Å². The lowest BCUT2D eigenvalue weighted by Crippen LogP contribution is -2.35. The van der Waals surface area contributed by atoms with Crippen LogP contribution in [-0.2, 0) is 4.74 Å². The van der Waals surface area contributed by atoms with Gasteiger partial charge in [0.1, 0.15) is 5.60 Å². The van der Waals surface area contributed by atoms with Gasteiger partial charge in [0.25, 0.3) is 0 Å². The van der Waals surface area contributed by atoms with E-state index in [9.17, 15) is 10.1 Å². The van der Waals surface area contributed by atoms with Crippen LogP contribution in [-0.4, -0.2) is 29.7 Å². The van der Waals surface area contributed by atoms with E-state index in [-0.39, 0.29) is 17.9 Å². The van der Waals surface area contributed by atoms with Gasteiger partial charge in [-0.2, -0.15) is 5.26 Å². The molecule has 0 bridgehead atoms. The average Bonchev–Trinajstić information content (AvgIpc) is 2.82. The van der Waals surface area contributed by atoms with Gasteiger partial charge in [-0.3, -0.25) is 0 Å². The van der Waals surface area contributed by atoms with Crippen LogP contribution in [0.1, 0.15) is 32.3 Å². The molecule has 1 aliphatic rings. The van der Waals surface area contributed by atoms with E-state index >= 15 is 0 Å². The Bertz CT molecular complexity index is 557. The minimum absolute atomic E-state index is 0.0376. The number of benzene rings is 1. The van der Waals surface area contributed by atoms with E-state index in [0.29, 0.717) is 13.1 Å². The largest absolute Gasteiger partial charge is 0.444 e. The Morgan fingerprint density at radius 3 is 2.48 bits per heavy atom. The zero-order chi connectivity index (χ0) is 15.6. The zero-order valence-corrected chi connectivity index (χ0v) is 14.1. The standard InChI is InChI=1S/C16H19BrN2O2/c1-16(2,3)21-15(20)19-9-12(8-18)14(10-19)11-4-6-13(17)7-5-11/h4-7,12,14H,9-10H2,1-3H3/t12-,14+/m0/s1. The summed E-state index contributed by atoms with van der Waals surface area (Å²) in [5.41, 5.74) is 0.561. The number of carbonyl (C=O) groups is 1. The molecule has 0 radical (unpaired) electrons. The highest BCUT2D eigenvalue weighted by molar-refractivity contribution is 9.10. The third-order valence-electron chi connectivity index (χ3n) is 3.44. The highest BCUT2D eigenvalue weighted by Gasteiger charge is 2.38. The minimum atomic E-state index is -0.519. The Kier molecular flexibility index (Phi) is 4.58. The molecule has 2 rings (SSSR count). The van der Waals surface area contributed by atoms with Crippen LogP contribution in [0.5, 0.6) is 0 Å². The lowest BCUT2D eigenvalue weighted by atomic mass is 9.90. The molecule has 1 saturated heterocycles. The number of nitriles is 1. The summed E-state index contributed by atoms with van der Waals surface area (Å²) in [5.74, 6) is -0.158. The van der Waals surface area contributed by atoms with Crippen LogP contribution < -0.4 is 0 Å². The first kappa shape index (κ1) is 15.8. The molecule has 0 spiro atoms. The second-order valence-corrected chi connectivity index (χ2v) is 7.19. The Labute approximate surface area is 133 Å². The highest BCUT2D eigenvalue weighted by Crippen LogP contribution is 2.33. The fraction of sp³-hybridized carbons (Fsp3) is 0.500. The molecule has 0 saturated carbocycles. The van der Waals surface area contributed by atoms with Gasteiger partial charge in [0.2, 0.25) is 0 Å². The maximum absolute atomic E-state index is 12.1. The van der Waals surface area contributed by atoms with Gasteiger partial charge in [0.15, 0.2) is 0 Å². The molecule has 1 aromatic rings. The molecule has 1 amide bonds. The summed E-state index contributed by atoms with van der Waals surface area (Å²) in [6, 6.07) is 10.2. The SMILES string of the molecule is CC(C)(C)OC(=O)N1C[C@H](c2ccc(Br)cc2)[C@@H](C#N)C1. The predicted octanol–water partition coefficient (Wildman–Crippen LogP) is 3.92. The lowest BCUT2D eigenvalue weighted by Gasteiger charge is -2.24. The minimum Gasteiger partial charge on any atom is -0.444 e.